The van der Waals surface area contributed by atoms with Gasteiger partial charge in [-0.25, -0.2) is 4.68 Å². The van der Waals surface area contributed by atoms with Gasteiger partial charge in [0.2, 0.25) is 0 Å². The first kappa shape index (κ1) is 18.8. The molecule has 0 saturated carbocycles. The molecule has 27 heavy (non-hydrogen) atoms. The molecule has 0 aliphatic rings. The van der Waals surface area contributed by atoms with Crippen molar-refractivity contribution < 1.29 is 14.3 Å². The van der Waals surface area contributed by atoms with Crippen molar-refractivity contribution in [2.75, 3.05) is 13.7 Å². The number of benzene rings is 2. The third-order valence-electron chi connectivity index (χ3n) is 3.92. The SMILES string of the molecule is CCOc1ccc(CNC(=O)c2cnn(-c3ccc(Cl)cc3)c2)cc1OC. The van der Waals surface area contributed by atoms with E-state index in [0.29, 0.717) is 35.2 Å². The maximum Gasteiger partial charge on any atom is 0.254 e. The fraction of sp³-hybridized carbons (Fsp3) is 0.200. The Kier molecular flexibility index (Phi) is 5.98. The zero-order valence-corrected chi connectivity index (χ0v) is 15.9. The molecule has 0 aliphatic heterocycles. The Morgan fingerprint density at radius 3 is 2.67 bits per heavy atom. The topological polar surface area (TPSA) is 65.4 Å². The van der Waals surface area contributed by atoms with Gasteiger partial charge in [-0.05, 0) is 48.9 Å². The lowest BCUT2D eigenvalue weighted by Crippen LogP contribution is -2.22. The van der Waals surface area contributed by atoms with Crippen molar-refractivity contribution in [3.8, 4) is 17.2 Å². The average molecular weight is 386 g/mol. The second-order valence-electron chi connectivity index (χ2n) is 5.75. The zero-order chi connectivity index (χ0) is 19.2. The summed E-state index contributed by atoms with van der Waals surface area (Å²) in [4.78, 5) is 12.4. The molecule has 3 rings (SSSR count). The highest BCUT2D eigenvalue weighted by Gasteiger charge is 2.11. The number of methoxy groups -OCH3 is 1. The Labute approximate surface area is 162 Å². The molecular weight excluding hydrogens is 366 g/mol. The van der Waals surface area contributed by atoms with Crippen molar-refractivity contribution in [2.45, 2.75) is 13.5 Å². The summed E-state index contributed by atoms with van der Waals surface area (Å²) in [5.41, 5.74) is 2.21. The molecule has 0 fully saturated rings. The molecule has 1 aromatic heterocycles. The fourth-order valence-electron chi connectivity index (χ4n) is 2.56. The molecular formula is C20H20ClN3O3. The molecule has 0 atom stereocenters. The van der Waals surface area contributed by atoms with Crippen LogP contribution < -0.4 is 14.8 Å². The molecule has 7 heteroatoms. The van der Waals surface area contributed by atoms with E-state index in [-0.39, 0.29) is 5.91 Å². The van der Waals surface area contributed by atoms with Gasteiger partial charge in [-0.2, -0.15) is 5.10 Å². The number of halogens is 1. The molecule has 0 bridgehead atoms. The standard InChI is InChI=1S/C20H20ClN3O3/c1-3-27-18-9-4-14(10-19(18)26-2)11-22-20(25)15-12-23-24(13-15)17-7-5-16(21)6-8-17/h4-10,12-13H,3,11H2,1-2H3,(H,22,25). The van der Waals surface area contributed by atoms with E-state index < -0.39 is 0 Å². The van der Waals surface area contributed by atoms with Crippen LogP contribution in [0.1, 0.15) is 22.8 Å². The molecule has 3 aromatic rings. The van der Waals surface area contributed by atoms with Crippen molar-refractivity contribution in [3.05, 3.63) is 71.0 Å². The van der Waals surface area contributed by atoms with Crippen molar-refractivity contribution in [2.24, 2.45) is 0 Å². The Bertz CT molecular complexity index is 922. The Hall–Kier alpha value is -2.99. The van der Waals surface area contributed by atoms with E-state index in [4.69, 9.17) is 21.1 Å². The van der Waals surface area contributed by atoms with Crippen LogP contribution in [0.2, 0.25) is 5.02 Å². The van der Waals surface area contributed by atoms with Crippen molar-refractivity contribution in [1.82, 2.24) is 15.1 Å². The summed E-state index contributed by atoms with van der Waals surface area (Å²) >= 11 is 5.89. The Morgan fingerprint density at radius 1 is 1.19 bits per heavy atom. The van der Waals surface area contributed by atoms with E-state index in [9.17, 15) is 4.79 Å². The molecule has 0 radical (unpaired) electrons. The molecule has 0 spiro atoms. The number of nitrogens with one attached hydrogen (secondary N) is 1. The quantitative estimate of drug-likeness (QED) is 0.670. The normalized spacial score (nSPS) is 10.5. The van der Waals surface area contributed by atoms with Crippen molar-refractivity contribution >= 4 is 17.5 Å². The van der Waals surface area contributed by atoms with Crippen LogP contribution in [-0.2, 0) is 6.54 Å². The molecule has 0 saturated heterocycles. The van der Waals surface area contributed by atoms with E-state index in [2.05, 4.69) is 10.4 Å². The summed E-state index contributed by atoms with van der Waals surface area (Å²) in [7, 11) is 1.59. The average Bonchev–Trinajstić information content (AvgIpc) is 3.18. The number of ether oxygens (including phenoxy) is 2. The molecule has 1 N–H and O–H groups in total. The largest absolute Gasteiger partial charge is 0.493 e. The first-order valence-electron chi connectivity index (χ1n) is 8.49. The highest BCUT2D eigenvalue weighted by molar-refractivity contribution is 6.30. The second kappa shape index (κ2) is 8.60. The van der Waals surface area contributed by atoms with Crippen LogP contribution in [0.5, 0.6) is 11.5 Å². The fourth-order valence-corrected chi connectivity index (χ4v) is 2.68. The summed E-state index contributed by atoms with van der Waals surface area (Å²) < 4.78 is 12.5. The molecule has 1 amide bonds. The van der Waals surface area contributed by atoms with Crippen LogP contribution in [0.3, 0.4) is 0 Å². The van der Waals surface area contributed by atoms with Crippen LogP contribution in [0, 0.1) is 0 Å². The highest BCUT2D eigenvalue weighted by atomic mass is 35.5. The predicted octanol–water partition coefficient (Wildman–Crippen LogP) is 3.86. The monoisotopic (exact) mass is 385 g/mol. The minimum Gasteiger partial charge on any atom is -0.493 e. The third kappa shape index (κ3) is 4.60. The summed E-state index contributed by atoms with van der Waals surface area (Å²) in [6.45, 7) is 2.84. The van der Waals surface area contributed by atoms with Gasteiger partial charge in [0.05, 0.1) is 31.2 Å². The van der Waals surface area contributed by atoms with Gasteiger partial charge in [-0.1, -0.05) is 17.7 Å². The van der Waals surface area contributed by atoms with E-state index in [1.165, 1.54) is 6.20 Å². The summed E-state index contributed by atoms with van der Waals surface area (Å²) in [6, 6.07) is 12.8. The number of carbonyl (C=O) groups excluding carboxylic acids is 1. The molecule has 2 aromatic carbocycles. The smallest absolute Gasteiger partial charge is 0.254 e. The molecule has 1 heterocycles. The first-order valence-corrected chi connectivity index (χ1v) is 8.87. The van der Waals surface area contributed by atoms with Gasteiger partial charge in [0, 0.05) is 17.8 Å². The van der Waals surface area contributed by atoms with E-state index in [1.54, 1.807) is 30.1 Å². The molecule has 0 aliphatic carbocycles. The van der Waals surface area contributed by atoms with Gasteiger partial charge >= 0.3 is 0 Å². The molecule has 6 nitrogen and oxygen atoms in total. The number of amides is 1. The van der Waals surface area contributed by atoms with Crippen LogP contribution in [-0.4, -0.2) is 29.4 Å². The van der Waals surface area contributed by atoms with Crippen molar-refractivity contribution in [3.63, 3.8) is 0 Å². The number of nitrogens with zero attached hydrogens (tertiary/aromatic N) is 2. The highest BCUT2D eigenvalue weighted by Crippen LogP contribution is 2.28. The van der Waals surface area contributed by atoms with E-state index >= 15 is 0 Å². The lowest BCUT2D eigenvalue weighted by atomic mass is 10.2. The van der Waals surface area contributed by atoms with Gasteiger partial charge in [0.15, 0.2) is 11.5 Å². The number of carbonyl (C=O) groups is 1. The number of rotatable bonds is 7. The van der Waals surface area contributed by atoms with Gasteiger partial charge in [0.25, 0.3) is 5.91 Å². The van der Waals surface area contributed by atoms with Crippen LogP contribution in [0.25, 0.3) is 5.69 Å². The van der Waals surface area contributed by atoms with E-state index in [0.717, 1.165) is 11.3 Å². The molecule has 140 valence electrons. The summed E-state index contributed by atoms with van der Waals surface area (Å²) in [5, 5.41) is 7.76. The first-order chi connectivity index (χ1) is 13.1. The van der Waals surface area contributed by atoms with E-state index in [1.807, 2.05) is 37.3 Å². The van der Waals surface area contributed by atoms with Crippen LogP contribution in [0.4, 0.5) is 0 Å². The maximum absolute atomic E-state index is 12.4. The maximum atomic E-state index is 12.4. The lowest BCUT2D eigenvalue weighted by molar-refractivity contribution is 0.0951. The third-order valence-corrected chi connectivity index (χ3v) is 4.17. The summed E-state index contributed by atoms with van der Waals surface area (Å²) in [6.07, 6.45) is 3.21. The summed E-state index contributed by atoms with van der Waals surface area (Å²) in [5.74, 6) is 1.11. The van der Waals surface area contributed by atoms with Gasteiger partial charge in [-0.15, -0.1) is 0 Å². The van der Waals surface area contributed by atoms with Crippen LogP contribution in [0.15, 0.2) is 54.9 Å². The van der Waals surface area contributed by atoms with Gasteiger partial charge < -0.3 is 14.8 Å². The lowest BCUT2D eigenvalue weighted by Gasteiger charge is -2.11. The zero-order valence-electron chi connectivity index (χ0n) is 15.1. The van der Waals surface area contributed by atoms with Gasteiger partial charge in [-0.3, -0.25) is 4.79 Å². The number of aromatic nitrogens is 2. The minimum atomic E-state index is -0.205. The Morgan fingerprint density at radius 2 is 1.96 bits per heavy atom. The minimum absolute atomic E-state index is 0.205. The Balaban J connectivity index is 1.65. The second-order valence-corrected chi connectivity index (χ2v) is 6.19. The van der Waals surface area contributed by atoms with Gasteiger partial charge in [0.1, 0.15) is 0 Å². The van der Waals surface area contributed by atoms with Crippen molar-refractivity contribution in [1.29, 1.82) is 0 Å². The van der Waals surface area contributed by atoms with Crippen LogP contribution >= 0.6 is 11.6 Å². The number of hydrogen-bond donors (Lipinski definition) is 1. The molecule has 0 unspecified atom stereocenters. The number of hydrogen-bond acceptors (Lipinski definition) is 4. The predicted molar refractivity (Wildman–Crippen MR) is 104 cm³/mol.